The first-order chi connectivity index (χ1) is 16.5. The summed E-state index contributed by atoms with van der Waals surface area (Å²) in [7, 11) is 0. The van der Waals surface area contributed by atoms with Crippen LogP contribution in [-0.4, -0.2) is 34.6 Å². The van der Waals surface area contributed by atoms with Gasteiger partial charge in [-0.3, -0.25) is 14.4 Å². The highest BCUT2D eigenvalue weighted by Gasteiger charge is 2.31. The van der Waals surface area contributed by atoms with Crippen LogP contribution >= 0.6 is 0 Å². The SMILES string of the molecule is CC(C)CNC(=O)COC(=O)CCc1nc2cc(C(F)(F)F)ccc2n(Cc2ccccc2)c1=O. The minimum Gasteiger partial charge on any atom is -0.456 e. The van der Waals surface area contributed by atoms with Gasteiger partial charge in [0.15, 0.2) is 6.61 Å². The summed E-state index contributed by atoms with van der Waals surface area (Å²) in [4.78, 5) is 41.1. The van der Waals surface area contributed by atoms with E-state index in [2.05, 4.69) is 10.3 Å². The molecule has 1 N–H and O–H groups in total. The highest BCUT2D eigenvalue weighted by atomic mass is 19.4. The maximum absolute atomic E-state index is 13.3. The Kier molecular flexibility index (Phi) is 8.26. The molecule has 1 heterocycles. The van der Waals surface area contributed by atoms with Crippen LogP contribution in [0, 0.1) is 5.92 Å². The van der Waals surface area contributed by atoms with E-state index in [1.165, 1.54) is 10.6 Å². The smallest absolute Gasteiger partial charge is 0.416 e. The molecule has 0 aliphatic rings. The number of hydrogen-bond donors (Lipinski definition) is 1. The van der Waals surface area contributed by atoms with Crippen molar-refractivity contribution in [2.24, 2.45) is 5.92 Å². The lowest BCUT2D eigenvalue weighted by atomic mass is 10.1. The molecule has 0 fully saturated rings. The Balaban J connectivity index is 1.84. The lowest BCUT2D eigenvalue weighted by Gasteiger charge is -2.14. The average Bonchev–Trinajstić information content (AvgIpc) is 2.81. The second kappa shape index (κ2) is 11.2. The van der Waals surface area contributed by atoms with E-state index in [1.54, 1.807) is 24.3 Å². The van der Waals surface area contributed by atoms with Crippen molar-refractivity contribution in [2.45, 2.75) is 39.4 Å². The van der Waals surface area contributed by atoms with Gasteiger partial charge in [-0.05, 0) is 29.7 Å². The number of amides is 1. The number of carbonyl (C=O) groups is 2. The third-order valence-corrected chi connectivity index (χ3v) is 5.16. The molecule has 0 aliphatic carbocycles. The van der Waals surface area contributed by atoms with E-state index >= 15 is 0 Å². The topological polar surface area (TPSA) is 90.3 Å². The number of alkyl halides is 3. The fourth-order valence-corrected chi connectivity index (χ4v) is 3.37. The number of halogens is 3. The third kappa shape index (κ3) is 7.14. The molecule has 3 aromatic rings. The molecule has 0 atom stereocenters. The van der Waals surface area contributed by atoms with Crippen LogP contribution in [0.5, 0.6) is 0 Å². The number of ether oxygens (including phenoxy) is 1. The Morgan fingerprint density at radius 2 is 1.83 bits per heavy atom. The zero-order chi connectivity index (χ0) is 25.6. The van der Waals surface area contributed by atoms with Crippen LogP contribution in [0.4, 0.5) is 13.2 Å². The van der Waals surface area contributed by atoms with E-state index in [-0.39, 0.29) is 42.0 Å². The van der Waals surface area contributed by atoms with Gasteiger partial charge in [0.1, 0.15) is 5.69 Å². The minimum absolute atomic E-state index is 0.00760. The van der Waals surface area contributed by atoms with Gasteiger partial charge in [0.05, 0.1) is 29.6 Å². The number of benzene rings is 2. The number of esters is 1. The first-order valence-corrected chi connectivity index (χ1v) is 11.1. The molecule has 1 amide bonds. The van der Waals surface area contributed by atoms with Gasteiger partial charge >= 0.3 is 12.1 Å². The predicted octanol–water partition coefficient (Wildman–Crippen LogP) is 3.71. The molecule has 3 rings (SSSR count). The van der Waals surface area contributed by atoms with E-state index in [1.807, 2.05) is 19.9 Å². The number of aromatic nitrogens is 2. The van der Waals surface area contributed by atoms with E-state index in [9.17, 15) is 27.6 Å². The molecule has 0 saturated heterocycles. The first kappa shape index (κ1) is 25.9. The second-order valence-electron chi connectivity index (χ2n) is 8.50. The van der Waals surface area contributed by atoms with Crippen molar-refractivity contribution in [1.82, 2.24) is 14.9 Å². The van der Waals surface area contributed by atoms with E-state index in [4.69, 9.17) is 4.74 Å². The van der Waals surface area contributed by atoms with E-state index in [0.717, 1.165) is 17.7 Å². The summed E-state index contributed by atoms with van der Waals surface area (Å²) in [6.45, 7) is 3.95. The van der Waals surface area contributed by atoms with Crippen LogP contribution < -0.4 is 10.9 Å². The number of fused-ring (bicyclic) bond motifs is 1. The summed E-state index contributed by atoms with van der Waals surface area (Å²) in [5, 5.41) is 2.61. The highest BCUT2D eigenvalue weighted by molar-refractivity contribution is 5.80. The monoisotopic (exact) mass is 489 g/mol. The normalized spacial score (nSPS) is 11.6. The van der Waals surface area contributed by atoms with Gasteiger partial charge in [0.25, 0.3) is 11.5 Å². The number of rotatable bonds is 9. The number of hydrogen-bond acceptors (Lipinski definition) is 5. The molecule has 0 aliphatic heterocycles. The van der Waals surface area contributed by atoms with Gasteiger partial charge in [-0.1, -0.05) is 44.2 Å². The summed E-state index contributed by atoms with van der Waals surface area (Å²) in [5.74, 6) is -0.921. The summed E-state index contributed by atoms with van der Waals surface area (Å²) in [6, 6.07) is 12.0. The highest BCUT2D eigenvalue weighted by Crippen LogP contribution is 2.31. The van der Waals surface area contributed by atoms with Crippen molar-refractivity contribution in [2.75, 3.05) is 13.2 Å². The van der Waals surface area contributed by atoms with Crippen molar-refractivity contribution >= 4 is 22.9 Å². The van der Waals surface area contributed by atoms with Crippen LogP contribution in [0.3, 0.4) is 0 Å². The van der Waals surface area contributed by atoms with Crippen LogP contribution in [0.1, 0.15) is 37.1 Å². The third-order valence-electron chi connectivity index (χ3n) is 5.16. The number of nitrogens with one attached hydrogen (secondary N) is 1. The quantitative estimate of drug-likeness (QED) is 0.463. The Bertz CT molecular complexity index is 1250. The van der Waals surface area contributed by atoms with Crippen LogP contribution in [-0.2, 0) is 33.5 Å². The molecule has 2 aromatic carbocycles. The molecule has 1 aromatic heterocycles. The predicted molar refractivity (Wildman–Crippen MR) is 124 cm³/mol. The van der Waals surface area contributed by atoms with E-state index in [0.29, 0.717) is 6.54 Å². The summed E-state index contributed by atoms with van der Waals surface area (Å²) >= 11 is 0. The Morgan fingerprint density at radius 1 is 1.11 bits per heavy atom. The molecule has 0 spiro atoms. The molecular formula is C25H26F3N3O4. The lowest BCUT2D eigenvalue weighted by molar-refractivity contribution is -0.148. The molecule has 0 saturated carbocycles. The van der Waals surface area contributed by atoms with Crippen molar-refractivity contribution in [3.63, 3.8) is 0 Å². The average molecular weight is 489 g/mol. The van der Waals surface area contributed by atoms with Gasteiger partial charge in [0, 0.05) is 13.0 Å². The van der Waals surface area contributed by atoms with Gasteiger partial charge < -0.3 is 14.6 Å². The molecule has 0 bridgehead atoms. The van der Waals surface area contributed by atoms with Crippen molar-refractivity contribution in [3.05, 3.63) is 75.7 Å². The Hall–Kier alpha value is -3.69. The fourth-order valence-electron chi connectivity index (χ4n) is 3.37. The van der Waals surface area contributed by atoms with Crippen LogP contribution in [0.15, 0.2) is 53.3 Å². The summed E-state index contributed by atoms with van der Waals surface area (Å²) in [5.41, 5.74) is -0.440. The summed E-state index contributed by atoms with van der Waals surface area (Å²) < 4.78 is 46.1. The summed E-state index contributed by atoms with van der Waals surface area (Å²) in [6.07, 6.45) is -4.97. The molecule has 10 heteroatoms. The van der Waals surface area contributed by atoms with Gasteiger partial charge in [-0.25, -0.2) is 4.98 Å². The largest absolute Gasteiger partial charge is 0.456 e. The standard InChI is InChI=1S/C25H26F3N3O4/c1-16(2)13-29-22(32)15-35-23(33)11-9-19-24(34)31(14-17-6-4-3-5-7-17)21-10-8-18(25(26,27)28)12-20(21)30-19/h3-8,10,12,16H,9,11,13-15H2,1-2H3,(H,29,32). The molecule has 0 radical (unpaired) electrons. The molecule has 35 heavy (non-hydrogen) atoms. The first-order valence-electron chi connectivity index (χ1n) is 11.1. The number of nitrogens with zero attached hydrogens (tertiary/aromatic N) is 2. The van der Waals surface area contributed by atoms with Gasteiger partial charge in [0.2, 0.25) is 0 Å². The Morgan fingerprint density at radius 3 is 2.49 bits per heavy atom. The lowest BCUT2D eigenvalue weighted by Crippen LogP contribution is -2.31. The fraction of sp³-hybridized carbons (Fsp3) is 0.360. The zero-order valence-electron chi connectivity index (χ0n) is 19.4. The number of carbonyl (C=O) groups excluding carboxylic acids is 2. The van der Waals surface area contributed by atoms with Gasteiger partial charge in [-0.2, -0.15) is 13.2 Å². The maximum Gasteiger partial charge on any atom is 0.416 e. The maximum atomic E-state index is 13.3. The van der Waals surface area contributed by atoms with Crippen molar-refractivity contribution in [3.8, 4) is 0 Å². The van der Waals surface area contributed by atoms with Crippen LogP contribution in [0.2, 0.25) is 0 Å². The Labute approximate surface area is 199 Å². The number of aryl methyl sites for hydroxylation is 1. The zero-order valence-corrected chi connectivity index (χ0v) is 19.4. The van der Waals surface area contributed by atoms with Gasteiger partial charge in [-0.15, -0.1) is 0 Å². The molecule has 7 nitrogen and oxygen atoms in total. The minimum atomic E-state index is -4.57. The van der Waals surface area contributed by atoms with Crippen molar-refractivity contribution in [1.29, 1.82) is 0 Å². The molecule has 0 unspecified atom stereocenters. The molecular weight excluding hydrogens is 463 g/mol. The van der Waals surface area contributed by atoms with Crippen molar-refractivity contribution < 1.29 is 27.5 Å². The molecule has 186 valence electrons. The second-order valence-corrected chi connectivity index (χ2v) is 8.50. The van der Waals surface area contributed by atoms with E-state index < -0.39 is 35.8 Å². The van der Waals surface area contributed by atoms with Crippen LogP contribution in [0.25, 0.3) is 11.0 Å².